The van der Waals surface area contributed by atoms with Crippen LogP contribution in [0.2, 0.25) is 0 Å². The second kappa shape index (κ2) is 7.65. The van der Waals surface area contributed by atoms with Gasteiger partial charge in [-0.15, -0.1) is 0 Å². The molecule has 0 spiro atoms. The van der Waals surface area contributed by atoms with Gasteiger partial charge in [0, 0.05) is 58.5 Å². The molecule has 1 atom stereocenters. The van der Waals surface area contributed by atoms with E-state index in [1.807, 2.05) is 13.1 Å². The number of piperazine rings is 1. The minimum absolute atomic E-state index is 0.727. The second-order valence-electron chi connectivity index (χ2n) is 6.05. The molecule has 0 bridgehead atoms. The summed E-state index contributed by atoms with van der Waals surface area (Å²) in [6.45, 7) is 8.06. The quantitative estimate of drug-likeness (QED) is 0.664. The first-order valence-electron chi connectivity index (χ1n) is 8.12. The van der Waals surface area contributed by atoms with Crippen LogP contribution >= 0.6 is 0 Å². The van der Waals surface area contributed by atoms with Crippen molar-refractivity contribution in [2.75, 3.05) is 53.0 Å². The molecule has 1 aromatic heterocycles. The van der Waals surface area contributed by atoms with E-state index in [1.54, 1.807) is 12.5 Å². The molecule has 22 heavy (non-hydrogen) atoms. The molecule has 122 valence electrons. The summed E-state index contributed by atoms with van der Waals surface area (Å²) in [5.41, 5.74) is 1.14. The van der Waals surface area contributed by atoms with Crippen LogP contribution in [-0.2, 0) is 11.3 Å². The van der Waals surface area contributed by atoms with Gasteiger partial charge in [0.15, 0.2) is 5.96 Å². The molecule has 2 aliphatic heterocycles. The van der Waals surface area contributed by atoms with Crippen molar-refractivity contribution in [1.82, 2.24) is 15.1 Å². The van der Waals surface area contributed by atoms with Crippen molar-refractivity contribution in [1.29, 1.82) is 0 Å². The van der Waals surface area contributed by atoms with Gasteiger partial charge in [0.1, 0.15) is 0 Å². The summed E-state index contributed by atoms with van der Waals surface area (Å²) >= 11 is 0. The fraction of sp³-hybridized carbons (Fsp3) is 0.688. The van der Waals surface area contributed by atoms with Gasteiger partial charge in [0.05, 0.1) is 19.1 Å². The Morgan fingerprint density at radius 2 is 2.23 bits per heavy atom. The standard InChI is InChI=1S/C16H26N4O2/c1-17-16(18-10-14-2-8-21-12-14)20-6-4-19(5-7-20)11-15-3-9-22-13-15/h2,8,12,15H,3-7,9-11,13H2,1H3,(H,17,18). The van der Waals surface area contributed by atoms with E-state index in [1.165, 1.54) is 13.0 Å². The Labute approximate surface area is 132 Å². The smallest absolute Gasteiger partial charge is 0.194 e. The summed E-state index contributed by atoms with van der Waals surface area (Å²) in [5.74, 6) is 1.70. The molecule has 2 saturated heterocycles. The van der Waals surface area contributed by atoms with E-state index < -0.39 is 0 Å². The highest BCUT2D eigenvalue weighted by Gasteiger charge is 2.23. The van der Waals surface area contributed by atoms with E-state index in [0.29, 0.717) is 0 Å². The highest BCUT2D eigenvalue weighted by atomic mass is 16.5. The predicted molar refractivity (Wildman–Crippen MR) is 85.8 cm³/mol. The van der Waals surface area contributed by atoms with Crippen molar-refractivity contribution in [2.24, 2.45) is 10.9 Å². The van der Waals surface area contributed by atoms with Crippen LogP contribution in [-0.4, -0.2) is 68.7 Å². The number of nitrogens with one attached hydrogen (secondary N) is 1. The van der Waals surface area contributed by atoms with Gasteiger partial charge in [-0.3, -0.25) is 9.89 Å². The summed E-state index contributed by atoms with van der Waals surface area (Å²) < 4.78 is 10.6. The Bertz CT molecular complexity index is 461. The van der Waals surface area contributed by atoms with E-state index in [2.05, 4.69) is 20.1 Å². The first-order chi connectivity index (χ1) is 10.8. The lowest BCUT2D eigenvalue weighted by Gasteiger charge is -2.37. The Kier molecular flexibility index (Phi) is 5.34. The Balaban J connectivity index is 1.42. The normalized spacial score (nSPS) is 24.0. The predicted octanol–water partition coefficient (Wildman–Crippen LogP) is 1.01. The SMILES string of the molecule is CN=C(NCc1ccoc1)N1CCN(CC2CCOC2)CC1. The fourth-order valence-corrected chi connectivity index (χ4v) is 3.14. The van der Waals surface area contributed by atoms with Gasteiger partial charge >= 0.3 is 0 Å². The number of guanidine groups is 1. The average Bonchev–Trinajstić information content (AvgIpc) is 3.23. The number of ether oxygens (including phenoxy) is 1. The molecule has 2 fully saturated rings. The summed E-state index contributed by atoms with van der Waals surface area (Å²) in [4.78, 5) is 9.29. The second-order valence-corrected chi connectivity index (χ2v) is 6.05. The van der Waals surface area contributed by atoms with Gasteiger partial charge in [0.25, 0.3) is 0 Å². The monoisotopic (exact) mass is 306 g/mol. The maximum absolute atomic E-state index is 5.47. The molecule has 6 nitrogen and oxygen atoms in total. The van der Waals surface area contributed by atoms with Gasteiger partial charge < -0.3 is 19.4 Å². The van der Waals surface area contributed by atoms with Crippen molar-refractivity contribution >= 4 is 5.96 Å². The highest BCUT2D eigenvalue weighted by Crippen LogP contribution is 2.15. The largest absolute Gasteiger partial charge is 0.472 e. The maximum Gasteiger partial charge on any atom is 0.194 e. The van der Waals surface area contributed by atoms with Crippen LogP contribution in [0.1, 0.15) is 12.0 Å². The van der Waals surface area contributed by atoms with Crippen LogP contribution in [0.15, 0.2) is 28.0 Å². The number of nitrogens with zero attached hydrogens (tertiary/aromatic N) is 3. The van der Waals surface area contributed by atoms with Crippen LogP contribution in [0.4, 0.5) is 0 Å². The zero-order valence-electron chi connectivity index (χ0n) is 13.3. The topological polar surface area (TPSA) is 53.2 Å². The van der Waals surface area contributed by atoms with Crippen LogP contribution in [0.5, 0.6) is 0 Å². The van der Waals surface area contributed by atoms with Crippen molar-refractivity contribution < 1.29 is 9.15 Å². The number of furan rings is 1. The molecule has 0 aliphatic carbocycles. The summed E-state index contributed by atoms with van der Waals surface area (Å²) in [6.07, 6.45) is 4.68. The lowest BCUT2D eigenvalue weighted by molar-refractivity contribution is 0.139. The highest BCUT2D eigenvalue weighted by molar-refractivity contribution is 5.79. The molecule has 1 N–H and O–H groups in total. The van der Waals surface area contributed by atoms with E-state index in [4.69, 9.17) is 9.15 Å². The molecule has 1 aromatic rings. The van der Waals surface area contributed by atoms with Crippen molar-refractivity contribution in [3.63, 3.8) is 0 Å². The van der Waals surface area contributed by atoms with Crippen molar-refractivity contribution in [3.05, 3.63) is 24.2 Å². The first-order valence-corrected chi connectivity index (χ1v) is 8.12. The molecule has 1 unspecified atom stereocenters. The molecule has 0 saturated carbocycles. The third-order valence-corrected chi connectivity index (χ3v) is 4.45. The summed E-state index contributed by atoms with van der Waals surface area (Å²) in [6, 6.07) is 1.97. The summed E-state index contributed by atoms with van der Waals surface area (Å²) in [5, 5.41) is 3.41. The van der Waals surface area contributed by atoms with E-state index in [-0.39, 0.29) is 0 Å². The zero-order valence-corrected chi connectivity index (χ0v) is 13.3. The van der Waals surface area contributed by atoms with E-state index in [9.17, 15) is 0 Å². The van der Waals surface area contributed by atoms with Crippen molar-refractivity contribution in [3.8, 4) is 0 Å². The molecule has 0 radical (unpaired) electrons. The number of aliphatic imine (C=N–C) groups is 1. The number of hydrogen-bond donors (Lipinski definition) is 1. The van der Waals surface area contributed by atoms with Crippen LogP contribution in [0.25, 0.3) is 0 Å². The molecule has 2 aliphatic rings. The Morgan fingerprint density at radius 1 is 1.36 bits per heavy atom. The third kappa shape index (κ3) is 4.01. The van der Waals surface area contributed by atoms with Gasteiger partial charge in [-0.05, 0) is 18.4 Å². The van der Waals surface area contributed by atoms with Crippen LogP contribution in [0.3, 0.4) is 0 Å². The van der Waals surface area contributed by atoms with Gasteiger partial charge in [-0.1, -0.05) is 0 Å². The van der Waals surface area contributed by atoms with Crippen molar-refractivity contribution in [2.45, 2.75) is 13.0 Å². The molecule has 0 aromatic carbocycles. The first kappa shape index (κ1) is 15.4. The molecule has 6 heteroatoms. The molecule has 3 rings (SSSR count). The lowest BCUT2D eigenvalue weighted by Crippen LogP contribution is -2.53. The van der Waals surface area contributed by atoms with Crippen LogP contribution in [0, 0.1) is 5.92 Å². The number of rotatable bonds is 4. The van der Waals surface area contributed by atoms with Gasteiger partial charge in [0.2, 0.25) is 0 Å². The molecular formula is C16H26N4O2. The molecular weight excluding hydrogens is 280 g/mol. The average molecular weight is 306 g/mol. The zero-order chi connectivity index (χ0) is 15.2. The third-order valence-electron chi connectivity index (χ3n) is 4.45. The number of hydrogen-bond acceptors (Lipinski definition) is 4. The Hall–Kier alpha value is -1.53. The lowest BCUT2D eigenvalue weighted by atomic mass is 10.1. The van der Waals surface area contributed by atoms with Gasteiger partial charge in [-0.2, -0.15) is 0 Å². The fourth-order valence-electron chi connectivity index (χ4n) is 3.14. The maximum atomic E-state index is 5.47. The van der Waals surface area contributed by atoms with E-state index >= 15 is 0 Å². The minimum Gasteiger partial charge on any atom is -0.472 e. The minimum atomic E-state index is 0.727. The molecule has 3 heterocycles. The Morgan fingerprint density at radius 3 is 2.86 bits per heavy atom. The summed E-state index contributed by atoms with van der Waals surface area (Å²) in [7, 11) is 1.85. The molecule has 0 amide bonds. The van der Waals surface area contributed by atoms with Crippen LogP contribution < -0.4 is 5.32 Å². The van der Waals surface area contributed by atoms with E-state index in [0.717, 1.165) is 63.4 Å². The van der Waals surface area contributed by atoms with Gasteiger partial charge in [-0.25, -0.2) is 0 Å².